The van der Waals surface area contributed by atoms with Gasteiger partial charge in [-0.25, -0.2) is 0 Å². The molecule has 4 rings (SSSR count). The molecule has 1 amide bonds. The topological polar surface area (TPSA) is 138 Å². The highest BCUT2D eigenvalue weighted by Crippen LogP contribution is 2.50. The molecule has 3 aliphatic rings. The molecule has 0 aromatic heterocycles. The van der Waals surface area contributed by atoms with Crippen LogP contribution in [-0.2, 0) is 16.0 Å². The predicted octanol–water partition coefficient (Wildman–Crippen LogP) is 0.875. The quantitative estimate of drug-likeness (QED) is 0.552. The Morgan fingerprint density at radius 2 is 1.85 bits per heavy atom. The molecule has 5 N–H and O–H groups in total. The number of hydrogen-bond donors (Lipinski definition) is 4. The van der Waals surface area contributed by atoms with Crippen LogP contribution >= 0.6 is 0 Å². The number of fused-ring (bicyclic) bond motifs is 3. The largest absolute Gasteiger partial charge is 0.511 e. The van der Waals surface area contributed by atoms with Crippen LogP contribution in [0.1, 0.15) is 28.8 Å². The average molecular weight is 355 g/mol. The summed E-state index contributed by atoms with van der Waals surface area (Å²) in [5.41, 5.74) is 3.25. The third-order valence-electron chi connectivity index (χ3n) is 5.71. The molecule has 3 aliphatic carbocycles. The number of rotatable bonds is 1. The van der Waals surface area contributed by atoms with Crippen molar-refractivity contribution in [2.75, 3.05) is 0 Å². The summed E-state index contributed by atoms with van der Waals surface area (Å²) in [5, 5.41) is 31.8. The molecular weight excluding hydrogens is 338 g/mol. The van der Waals surface area contributed by atoms with Crippen LogP contribution < -0.4 is 5.73 Å². The minimum Gasteiger partial charge on any atom is -0.511 e. The van der Waals surface area contributed by atoms with Crippen LogP contribution in [0.15, 0.2) is 46.9 Å². The highest BCUT2D eigenvalue weighted by Gasteiger charge is 2.59. The molecule has 134 valence electrons. The Labute approximate surface area is 148 Å². The van der Waals surface area contributed by atoms with Crippen molar-refractivity contribution in [2.24, 2.45) is 17.6 Å². The van der Waals surface area contributed by atoms with Gasteiger partial charge >= 0.3 is 0 Å². The molecule has 0 spiro atoms. The average Bonchev–Trinajstić information content (AvgIpc) is 2.58. The van der Waals surface area contributed by atoms with Crippen molar-refractivity contribution in [3.8, 4) is 0 Å². The van der Waals surface area contributed by atoms with Crippen molar-refractivity contribution in [1.82, 2.24) is 0 Å². The molecule has 1 aromatic carbocycles. The maximum atomic E-state index is 12.9. The number of ketones is 2. The number of carbonyl (C=O) groups is 3. The number of carbonyl (C=O) groups excluding carboxylic acids is 3. The van der Waals surface area contributed by atoms with E-state index in [-0.39, 0.29) is 24.3 Å². The Kier molecular flexibility index (Phi) is 3.36. The molecule has 0 bridgehead atoms. The molecule has 0 saturated carbocycles. The number of allylic oxidation sites excluding steroid dienone is 2. The maximum absolute atomic E-state index is 12.9. The predicted molar refractivity (Wildman–Crippen MR) is 89.2 cm³/mol. The van der Waals surface area contributed by atoms with Gasteiger partial charge in [-0.15, -0.1) is 0 Å². The van der Waals surface area contributed by atoms with Gasteiger partial charge in [-0.3, -0.25) is 14.4 Å². The van der Waals surface area contributed by atoms with Crippen LogP contribution in [0.2, 0.25) is 0 Å². The van der Waals surface area contributed by atoms with Crippen LogP contribution in [0.4, 0.5) is 0 Å². The SMILES string of the molecule is NC(=O)C1=C(O)CC2CC3Cc4ccccc4C(=O)C3=C(O)[C@]2(O)C1=O. The standard InChI is InChI=1S/C19H17NO6/c20-18(25)14-12(21)7-10-6-9-5-8-3-1-2-4-11(8)15(22)13(9)16(23)19(10,26)17(14)24/h1-4,9-10,21,23,26H,5-7H2,(H2,20,25)/t9?,10?,19-/m0/s1. The monoisotopic (exact) mass is 355 g/mol. The number of primary amides is 1. The molecule has 0 fully saturated rings. The summed E-state index contributed by atoms with van der Waals surface area (Å²) in [5.74, 6) is -5.21. The van der Waals surface area contributed by atoms with Crippen LogP contribution in [0.3, 0.4) is 0 Å². The van der Waals surface area contributed by atoms with Gasteiger partial charge < -0.3 is 21.1 Å². The second-order valence-electron chi connectivity index (χ2n) is 7.07. The Hall–Kier alpha value is -2.93. The first-order valence-electron chi connectivity index (χ1n) is 8.32. The molecule has 1 aromatic rings. The van der Waals surface area contributed by atoms with Gasteiger partial charge in [0.2, 0.25) is 5.78 Å². The normalized spacial score (nSPS) is 30.7. The number of aliphatic hydroxyl groups is 3. The lowest BCUT2D eigenvalue weighted by molar-refractivity contribution is -0.144. The van der Waals surface area contributed by atoms with Gasteiger partial charge in [0.25, 0.3) is 5.91 Å². The van der Waals surface area contributed by atoms with E-state index in [1.54, 1.807) is 12.1 Å². The molecule has 7 nitrogen and oxygen atoms in total. The second-order valence-corrected chi connectivity index (χ2v) is 7.07. The van der Waals surface area contributed by atoms with Crippen LogP contribution in [0, 0.1) is 11.8 Å². The summed E-state index contributed by atoms with van der Waals surface area (Å²) in [7, 11) is 0. The smallest absolute Gasteiger partial charge is 0.255 e. The number of Topliss-reactive ketones (excluding diaryl/α,β-unsaturated/α-hetero) is 2. The first kappa shape index (κ1) is 16.5. The zero-order valence-corrected chi connectivity index (χ0v) is 13.7. The first-order valence-corrected chi connectivity index (χ1v) is 8.32. The molecule has 0 radical (unpaired) electrons. The van der Waals surface area contributed by atoms with E-state index >= 15 is 0 Å². The molecule has 2 unspecified atom stereocenters. The van der Waals surface area contributed by atoms with Gasteiger partial charge in [0.05, 0.1) is 0 Å². The summed E-state index contributed by atoms with van der Waals surface area (Å²) in [4.78, 5) is 37.1. The second kappa shape index (κ2) is 5.28. The van der Waals surface area contributed by atoms with Gasteiger partial charge in [0, 0.05) is 23.5 Å². The van der Waals surface area contributed by atoms with E-state index in [1.165, 1.54) is 0 Å². The van der Waals surface area contributed by atoms with Crippen molar-refractivity contribution in [1.29, 1.82) is 0 Å². The van der Waals surface area contributed by atoms with Crippen molar-refractivity contribution >= 4 is 17.5 Å². The maximum Gasteiger partial charge on any atom is 0.255 e. The number of benzene rings is 1. The minimum atomic E-state index is -2.43. The Balaban J connectivity index is 1.90. The number of nitrogens with two attached hydrogens (primary N) is 1. The summed E-state index contributed by atoms with van der Waals surface area (Å²) >= 11 is 0. The molecular formula is C19H17NO6. The van der Waals surface area contributed by atoms with Crippen molar-refractivity contribution < 1.29 is 29.7 Å². The van der Waals surface area contributed by atoms with Gasteiger partial charge in [-0.05, 0) is 24.3 Å². The summed E-state index contributed by atoms with van der Waals surface area (Å²) in [6.45, 7) is 0. The number of aliphatic hydroxyl groups excluding tert-OH is 2. The fourth-order valence-electron chi connectivity index (χ4n) is 4.47. The lowest BCUT2D eigenvalue weighted by atomic mass is 9.60. The molecule has 26 heavy (non-hydrogen) atoms. The third-order valence-corrected chi connectivity index (χ3v) is 5.71. The van der Waals surface area contributed by atoms with E-state index < -0.39 is 46.1 Å². The molecule has 0 saturated heterocycles. The lowest BCUT2D eigenvalue weighted by Crippen LogP contribution is -2.57. The Bertz CT molecular complexity index is 943. The van der Waals surface area contributed by atoms with Crippen molar-refractivity contribution in [2.45, 2.75) is 24.9 Å². The van der Waals surface area contributed by atoms with E-state index in [2.05, 4.69) is 0 Å². The van der Waals surface area contributed by atoms with Gasteiger partial charge in [0.1, 0.15) is 17.1 Å². The van der Waals surface area contributed by atoms with Crippen molar-refractivity contribution in [3.63, 3.8) is 0 Å². The summed E-state index contributed by atoms with van der Waals surface area (Å²) in [6, 6.07) is 6.98. The fraction of sp³-hybridized carbons (Fsp3) is 0.316. The van der Waals surface area contributed by atoms with E-state index in [0.717, 1.165) is 5.56 Å². The van der Waals surface area contributed by atoms with Gasteiger partial charge in [-0.1, -0.05) is 24.3 Å². The van der Waals surface area contributed by atoms with Gasteiger partial charge in [0.15, 0.2) is 11.4 Å². The molecule has 0 aliphatic heterocycles. The van der Waals surface area contributed by atoms with E-state index in [4.69, 9.17) is 5.73 Å². The van der Waals surface area contributed by atoms with E-state index in [1.807, 2.05) is 12.1 Å². The van der Waals surface area contributed by atoms with Crippen molar-refractivity contribution in [3.05, 3.63) is 58.1 Å². The molecule has 0 heterocycles. The van der Waals surface area contributed by atoms with Crippen LogP contribution in [0.5, 0.6) is 0 Å². The number of hydrogen-bond acceptors (Lipinski definition) is 6. The molecule has 3 atom stereocenters. The highest BCUT2D eigenvalue weighted by molar-refractivity contribution is 6.24. The van der Waals surface area contributed by atoms with Gasteiger partial charge in [-0.2, -0.15) is 0 Å². The minimum absolute atomic E-state index is 0.000935. The highest BCUT2D eigenvalue weighted by atomic mass is 16.3. The van der Waals surface area contributed by atoms with E-state index in [0.29, 0.717) is 12.0 Å². The fourth-order valence-corrected chi connectivity index (χ4v) is 4.47. The Morgan fingerprint density at radius 3 is 2.54 bits per heavy atom. The zero-order chi connectivity index (χ0) is 18.8. The molecule has 7 heteroatoms. The van der Waals surface area contributed by atoms with E-state index in [9.17, 15) is 29.7 Å². The summed E-state index contributed by atoms with van der Waals surface area (Å²) in [6.07, 6.45) is 0.525. The van der Waals surface area contributed by atoms with Crippen LogP contribution in [-0.4, -0.2) is 38.4 Å². The Morgan fingerprint density at radius 1 is 1.15 bits per heavy atom. The summed E-state index contributed by atoms with van der Waals surface area (Å²) < 4.78 is 0. The zero-order valence-electron chi connectivity index (χ0n) is 13.7. The van der Waals surface area contributed by atoms with Crippen LogP contribution in [0.25, 0.3) is 0 Å². The number of amides is 1. The lowest BCUT2D eigenvalue weighted by Gasteiger charge is -2.45. The third kappa shape index (κ3) is 1.94. The first-order chi connectivity index (χ1) is 12.3.